The van der Waals surface area contributed by atoms with Crippen LogP contribution >= 0.6 is 0 Å². The van der Waals surface area contributed by atoms with Gasteiger partial charge in [0, 0.05) is 51.4 Å². The molecule has 0 bridgehead atoms. The number of rotatable bonds is 15. The summed E-state index contributed by atoms with van der Waals surface area (Å²) in [6.07, 6.45) is 4.05. The Morgan fingerprint density at radius 1 is 1.11 bits per heavy atom. The van der Waals surface area contributed by atoms with Crippen LogP contribution < -0.4 is 15.4 Å². The molecule has 0 aliphatic heterocycles. The van der Waals surface area contributed by atoms with E-state index in [1.807, 2.05) is 7.05 Å². The molecule has 0 aromatic heterocycles. The molecule has 1 aromatic rings. The molecule has 9 nitrogen and oxygen atoms in total. The predicted octanol–water partition coefficient (Wildman–Crippen LogP) is 2.70. The standard InChI is InChI=1S/C27H48N4O5S/c1-8-31(37(33,34)27-21(4)17-25(35-7)18-22(27)5)15-16-36-19-26(32)30(6)24-11-9-23(10-12-24)29-14-13-28-20(2)3/h17-18,20,23-24,28-29H,8-16,19H2,1-7H3. The van der Waals surface area contributed by atoms with Gasteiger partial charge >= 0.3 is 0 Å². The fourth-order valence-electron chi connectivity index (χ4n) is 4.95. The molecule has 0 heterocycles. The van der Waals surface area contributed by atoms with E-state index in [1.165, 1.54) is 4.31 Å². The van der Waals surface area contributed by atoms with Gasteiger partial charge in [0.2, 0.25) is 15.9 Å². The molecule has 10 heteroatoms. The highest BCUT2D eigenvalue weighted by atomic mass is 32.2. The molecule has 37 heavy (non-hydrogen) atoms. The Kier molecular flexibility index (Phi) is 12.8. The zero-order valence-corrected chi connectivity index (χ0v) is 24.6. The summed E-state index contributed by atoms with van der Waals surface area (Å²) in [5, 5.41) is 7.03. The number of hydrogen-bond donors (Lipinski definition) is 2. The summed E-state index contributed by atoms with van der Waals surface area (Å²) in [6.45, 7) is 12.2. The van der Waals surface area contributed by atoms with Crippen molar-refractivity contribution in [3.05, 3.63) is 23.3 Å². The molecule has 0 atom stereocenters. The van der Waals surface area contributed by atoms with Gasteiger partial charge in [-0.3, -0.25) is 4.79 Å². The van der Waals surface area contributed by atoms with Gasteiger partial charge in [0.1, 0.15) is 12.4 Å². The summed E-state index contributed by atoms with van der Waals surface area (Å²) in [6, 6.07) is 4.68. The fraction of sp³-hybridized carbons (Fsp3) is 0.741. The Labute approximate surface area is 224 Å². The SMILES string of the molecule is CCN(CCOCC(=O)N(C)C1CCC(NCCNC(C)C)CC1)S(=O)(=O)c1c(C)cc(OC)cc1C. The van der Waals surface area contributed by atoms with Crippen molar-refractivity contribution in [2.75, 3.05) is 53.6 Å². The third-order valence-electron chi connectivity index (χ3n) is 7.08. The number of carbonyl (C=O) groups excluding carboxylic acids is 1. The molecule has 0 saturated heterocycles. The first-order valence-corrected chi connectivity index (χ1v) is 14.9. The minimum absolute atomic E-state index is 0.0479. The molecule has 1 aliphatic rings. The van der Waals surface area contributed by atoms with Gasteiger partial charge < -0.3 is 25.0 Å². The zero-order valence-electron chi connectivity index (χ0n) is 23.8. The summed E-state index contributed by atoms with van der Waals surface area (Å²) < 4.78 is 39.0. The van der Waals surface area contributed by atoms with Crippen molar-refractivity contribution in [3.8, 4) is 5.75 Å². The molecule has 2 N–H and O–H groups in total. The second kappa shape index (κ2) is 15.0. The predicted molar refractivity (Wildman–Crippen MR) is 148 cm³/mol. The van der Waals surface area contributed by atoms with Crippen LogP contribution in [-0.4, -0.2) is 95.2 Å². The summed E-state index contributed by atoms with van der Waals surface area (Å²) in [7, 11) is -0.293. The molecule has 2 rings (SSSR count). The normalized spacial score (nSPS) is 18.4. The fourth-order valence-corrected chi connectivity index (χ4v) is 6.79. The number of carbonyl (C=O) groups is 1. The highest BCUT2D eigenvalue weighted by molar-refractivity contribution is 7.89. The lowest BCUT2D eigenvalue weighted by Crippen LogP contribution is -2.45. The first kappa shape index (κ1) is 31.5. The number of ether oxygens (including phenoxy) is 2. The van der Waals surface area contributed by atoms with Crippen molar-refractivity contribution in [1.29, 1.82) is 0 Å². The number of amides is 1. The Bertz CT molecular complexity index is 939. The summed E-state index contributed by atoms with van der Waals surface area (Å²) in [5.74, 6) is 0.567. The molecular formula is C27H48N4O5S. The van der Waals surface area contributed by atoms with Crippen molar-refractivity contribution in [2.24, 2.45) is 0 Å². The summed E-state index contributed by atoms with van der Waals surface area (Å²) in [4.78, 5) is 14.8. The summed E-state index contributed by atoms with van der Waals surface area (Å²) >= 11 is 0. The molecule has 1 saturated carbocycles. The van der Waals surface area contributed by atoms with Gasteiger partial charge in [-0.2, -0.15) is 4.31 Å². The Morgan fingerprint density at radius 2 is 1.73 bits per heavy atom. The molecule has 1 aliphatic carbocycles. The smallest absolute Gasteiger partial charge is 0.248 e. The number of nitrogens with zero attached hydrogens (tertiary/aromatic N) is 2. The van der Waals surface area contributed by atoms with Crippen LogP contribution in [-0.2, 0) is 19.6 Å². The number of sulfonamides is 1. The lowest BCUT2D eigenvalue weighted by atomic mass is 9.90. The molecule has 212 valence electrons. The first-order chi connectivity index (χ1) is 17.5. The number of benzene rings is 1. The minimum atomic E-state index is -3.70. The van der Waals surface area contributed by atoms with E-state index in [4.69, 9.17) is 9.47 Å². The van der Waals surface area contributed by atoms with Gasteiger partial charge in [0.05, 0.1) is 18.6 Å². The molecule has 1 aromatic carbocycles. The molecule has 0 unspecified atom stereocenters. The van der Waals surface area contributed by atoms with E-state index >= 15 is 0 Å². The monoisotopic (exact) mass is 540 g/mol. The zero-order chi connectivity index (χ0) is 27.6. The number of methoxy groups -OCH3 is 1. The van der Waals surface area contributed by atoms with E-state index in [9.17, 15) is 13.2 Å². The van der Waals surface area contributed by atoms with Crippen LogP contribution in [0.5, 0.6) is 5.75 Å². The molecule has 0 radical (unpaired) electrons. The van der Waals surface area contributed by atoms with Gasteiger partial charge in [0.15, 0.2) is 0 Å². The van der Waals surface area contributed by atoms with E-state index in [-0.39, 0.29) is 31.7 Å². The van der Waals surface area contributed by atoms with Crippen LogP contribution in [0.25, 0.3) is 0 Å². The molecule has 1 amide bonds. The quantitative estimate of drug-likeness (QED) is 0.330. The second-order valence-corrected chi connectivity index (χ2v) is 12.1. The topological polar surface area (TPSA) is 100 Å². The van der Waals surface area contributed by atoms with Gasteiger partial charge in [-0.1, -0.05) is 20.8 Å². The van der Waals surface area contributed by atoms with Crippen LogP contribution in [0.3, 0.4) is 0 Å². The Hall–Kier alpha value is -1.72. The highest BCUT2D eigenvalue weighted by Crippen LogP contribution is 2.28. The van der Waals surface area contributed by atoms with Crippen LogP contribution in [0.1, 0.15) is 57.6 Å². The number of aryl methyl sites for hydroxylation is 2. The number of likely N-dealkylation sites (N-methyl/N-ethyl adjacent to an activating group) is 2. The lowest BCUT2D eigenvalue weighted by Gasteiger charge is -2.35. The minimum Gasteiger partial charge on any atom is -0.497 e. The van der Waals surface area contributed by atoms with Crippen molar-refractivity contribution < 1.29 is 22.7 Å². The highest BCUT2D eigenvalue weighted by Gasteiger charge is 2.28. The van der Waals surface area contributed by atoms with Crippen molar-refractivity contribution >= 4 is 15.9 Å². The largest absolute Gasteiger partial charge is 0.497 e. The second-order valence-electron chi connectivity index (χ2n) is 10.2. The van der Waals surface area contributed by atoms with Crippen LogP contribution in [0, 0.1) is 13.8 Å². The lowest BCUT2D eigenvalue weighted by molar-refractivity contribution is -0.137. The molecule has 1 fully saturated rings. The van der Waals surface area contributed by atoms with E-state index < -0.39 is 10.0 Å². The molecular weight excluding hydrogens is 492 g/mol. The molecule has 0 spiro atoms. The van der Waals surface area contributed by atoms with Crippen LogP contribution in [0.15, 0.2) is 17.0 Å². The maximum Gasteiger partial charge on any atom is 0.248 e. The number of hydrogen-bond acceptors (Lipinski definition) is 7. The Morgan fingerprint density at radius 3 is 2.27 bits per heavy atom. The van der Waals surface area contributed by atoms with E-state index in [0.29, 0.717) is 40.4 Å². The third-order valence-corrected chi connectivity index (χ3v) is 9.36. The van der Waals surface area contributed by atoms with E-state index in [0.717, 1.165) is 38.8 Å². The van der Waals surface area contributed by atoms with Gasteiger partial charge in [-0.05, 0) is 62.8 Å². The maximum atomic E-state index is 13.3. The Balaban J connectivity index is 1.78. The summed E-state index contributed by atoms with van der Waals surface area (Å²) in [5.41, 5.74) is 1.29. The van der Waals surface area contributed by atoms with Gasteiger partial charge in [0.25, 0.3) is 0 Å². The van der Waals surface area contributed by atoms with Gasteiger partial charge in [-0.15, -0.1) is 0 Å². The van der Waals surface area contributed by atoms with Crippen LogP contribution in [0.2, 0.25) is 0 Å². The van der Waals surface area contributed by atoms with E-state index in [2.05, 4.69) is 24.5 Å². The third kappa shape index (κ3) is 9.21. The average molecular weight is 541 g/mol. The average Bonchev–Trinajstić information content (AvgIpc) is 2.85. The van der Waals surface area contributed by atoms with Crippen LogP contribution in [0.4, 0.5) is 0 Å². The first-order valence-electron chi connectivity index (χ1n) is 13.5. The van der Waals surface area contributed by atoms with Crippen molar-refractivity contribution in [3.63, 3.8) is 0 Å². The van der Waals surface area contributed by atoms with E-state index in [1.54, 1.807) is 44.9 Å². The van der Waals surface area contributed by atoms with Crippen molar-refractivity contribution in [2.45, 2.75) is 83.3 Å². The van der Waals surface area contributed by atoms with Crippen molar-refractivity contribution in [1.82, 2.24) is 19.8 Å². The maximum absolute atomic E-state index is 13.3. The van der Waals surface area contributed by atoms with Gasteiger partial charge in [-0.25, -0.2) is 8.42 Å². The number of nitrogens with one attached hydrogen (secondary N) is 2.